The van der Waals surface area contributed by atoms with Crippen molar-refractivity contribution in [3.63, 3.8) is 0 Å². The van der Waals surface area contributed by atoms with E-state index in [9.17, 15) is 4.79 Å². The lowest BCUT2D eigenvalue weighted by atomic mass is 9.94. The number of ether oxygens (including phenoxy) is 2. The summed E-state index contributed by atoms with van der Waals surface area (Å²) in [5.74, 6) is 0.406. The van der Waals surface area contributed by atoms with Crippen LogP contribution in [-0.4, -0.2) is 27.2 Å². The maximum absolute atomic E-state index is 12.8. The van der Waals surface area contributed by atoms with E-state index in [2.05, 4.69) is 92.9 Å². The minimum absolute atomic E-state index is 0.371. The molecule has 0 fully saturated rings. The minimum atomic E-state index is -0.562. The van der Waals surface area contributed by atoms with Crippen LogP contribution in [0.5, 0.6) is 5.75 Å². The Kier molecular flexibility index (Phi) is 7.38. The zero-order valence-corrected chi connectivity index (χ0v) is 24.3. The van der Waals surface area contributed by atoms with E-state index in [1.165, 1.54) is 0 Å². The number of carbonyl (C=O) groups excluding carboxylic acids is 1. The van der Waals surface area contributed by atoms with Gasteiger partial charge in [0.25, 0.3) is 0 Å². The third kappa shape index (κ3) is 4.67. The number of anilines is 1. The van der Waals surface area contributed by atoms with Gasteiger partial charge in [0.15, 0.2) is 0 Å². The van der Waals surface area contributed by atoms with E-state index in [4.69, 9.17) is 9.47 Å². The monoisotopic (exact) mass is 697 g/mol. The highest BCUT2D eigenvalue weighted by Crippen LogP contribution is 2.49. The van der Waals surface area contributed by atoms with E-state index in [1.54, 1.807) is 7.11 Å². The molecule has 4 rings (SSSR count). The van der Waals surface area contributed by atoms with Crippen LogP contribution in [-0.2, 0) is 4.74 Å². The largest absolute Gasteiger partial charge is 0.497 e. The molecule has 0 saturated carbocycles. The van der Waals surface area contributed by atoms with E-state index in [0.29, 0.717) is 10.0 Å². The number of halogens is 4. The molecule has 1 unspecified atom stereocenters. The van der Waals surface area contributed by atoms with Crippen LogP contribution in [0.3, 0.4) is 0 Å². The lowest BCUT2D eigenvalue weighted by molar-refractivity contribution is 0.0467. The maximum Gasteiger partial charge on any atom is 0.340 e. The molecule has 8 heteroatoms. The standard InChI is InChI=1S/C25H19Br4NO3/c1-30(2)15-8-4-13(5-9-15)17(14-6-10-16(32-3)11-7-14)12-18-19-20(25(31)33-18)22(27)24(29)23(28)21(19)26/h4-12,18H,1-3H3. The number of nitrogens with zero attached hydrogens (tertiary/aromatic N) is 1. The molecule has 1 aliphatic heterocycles. The fourth-order valence-electron chi connectivity index (χ4n) is 3.69. The van der Waals surface area contributed by atoms with Gasteiger partial charge < -0.3 is 14.4 Å². The molecule has 0 radical (unpaired) electrons. The lowest BCUT2D eigenvalue weighted by Gasteiger charge is -2.17. The molecule has 0 saturated heterocycles. The van der Waals surface area contributed by atoms with E-state index < -0.39 is 6.10 Å². The normalized spacial score (nSPS) is 15.3. The first kappa shape index (κ1) is 24.5. The number of esters is 1. The molecular formula is C25H19Br4NO3. The third-order valence-electron chi connectivity index (χ3n) is 5.44. The highest BCUT2D eigenvalue weighted by Gasteiger charge is 2.37. The van der Waals surface area contributed by atoms with Gasteiger partial charge in [-0.25, -0.2) is 4.79 Å². The first-order valence-corrected chi connectivity index (χ1v) is 13.1. The van der Waals surface area contributed by atoms with Crippen LogP contribution in [0.1, 0.15) is 33.2 Å². The van der Waals surface area contributed by atoms with Gasteiger partial charge in [-0.05, 0) is 111 Å². The van der Waals surface area contributed by atoms with Crippen LogP contribution in [0.25, 0.3) is 5.57 Å². The number of cyclic esters (lactones) is 1. The number of carbonyl (C=O) groups is 1. The Morgan fingerprint density at radius 1 is 0.879 bits per heavy atom. The van der Waals surface area contributed by atoms with Crippen molar-refractivity contribution < 1.29 is 14.3 Å². The fraction of sp³-hybridized carbons (Fsp3) is 0.160. The molecule has 4 nitrogen and oxygen atoms in total. The van der Waals surface area contributed by atoms with Gasteiger partial charge in [0, 0.05) is 43.2 Å². The van der Waals surface area contributed by atoms with Crippen molar-refractivity contribution in [3.05, 3.63) is 94.8 Å². The summed E-state index contributed by atoms with van der Waals surface area (Å²) in [7, 11) is 5.66. The summed E-state index contributed by atoms with van der Waals surface area (Å²) in [4.78, 5) is 14.9. The van der Waals surface area contributed by atoms with Crippen LogP contribution >= 0.6 is 63.7 Å². The van der Waals surface area contributed by atoms with E-state index in [1.807, 2.05) is 44.4 Å². The Morgan fingerprint density at radius 3 is 1.97 bits per heavy atom. The first-order chi connectivity index (χ1) is 15.7. The maximum atomic E-state index is 12.8. The summed E-state index contributed by atoms with van der Waals surface area (Å²) in [5, 5.41) is 0. The highest BCUT2D eigenvalue weighted by molar-refractivity contribution is 9.15. The van der Waals surface area contributed by atoms with E-state index in [0.717, 1.165) is 47.1 Å². The second-order valence-corrected chi connectivity index (χ2v) is 10.8. The number of rotatable bonds is 5. The van der Waals surface area contributed by atoms with Crippen LogP contribution in [0.2, 0.25) is 0 Å². The van der Waals surface area contributed by atoms with Gasteiger partial charge in [-0.3, -0.25) is 0 Å². The summed E-state index contributed by atoms with van der Waals surface area (Å²) < 4.78 is 14.2. The summed E-state index contributed by atoms with van der Waals surface area (Å²) in [6.07, 6.45) is 1.43. The SMILES string of the molecule is COc1ccc(C(=CC2OC(=O)c3c(Br)c(Br)c(Br)c(Br)c32)c2ccc(N(C)C)cc2)cc1. The van der Waals surface area contributed by atoms with Crippen LogP contribution in [0.15, 0.2) is 72.5 Å². The van der Waals surface area contributed by atoms with Crippen LogP contribution in [0.4, 0.5) is 5.69 Å². The average Bonchev–Trinajstić information content (AvgIpc) is 3.15. The average molecular weight is 701 g/mol. The minimum Gasteiger partial charge on any atom is -0.497 e. The van der Waals surface area contributed by atoms with Gasteiger partial charge in [0.2, 0.25) is 0 Å². The lowest BCUT2D eigenvalue weighted by Crippen LogP contribution is -2.08. The Bertz CT molecular complexity index is 1250. The third-order valence-corrected chi connectivity index (χ3v) is 10.2. The Hall–Kier alpha value is -1.61. The quantitative estimate of drug-likeness (QED) is 0.153. The zero-order chi connectivity index (χ0) is 23.9. The fourth-order valence-corrected chi connectivity index (χ4v) is 6.22. The van der Waals surface area contributed by atoms with Gasteiger partial charge in [0.1, 0.15) is 11.9 Å². The molecule has 0 aliphatic carbocycles. The van der Waals surface area contributed by atoms with Crippen LogP contribution in [0, 0.1) is 0 Å². The molecule has 0 aromatic heterocycles. The summed E-state index contributed by atoms with van der Waals surface area (Å²) in [6.45, 7) is 0. The first-order valence-electron chi connectivity index (χ1n) is 9.93. The molecule has 1 heterocycles. The van der Waals surface area contributed by atoms with Crippen molar-refractivity contribution in [2.24, 2.45) is 0 Å². The van der Waals surface area contributed by atoms with Gasteiger partial charge in [0.05, 0.1) is 12.7 Å². The van der Waals surface area contributed by atoms with E-state index >= 15 is 0 Å². The molecule has 1 atom stereocenters. The Labute approximate surface area is 226 Å². The van der Waals surface area contributed by atoms with Crippen molar-refractivity contribution in [1.29, 1.82) is 0 Å². The predicted octanol–water partition coefficient (Wildman–Crippen LogP) is 8.15. The molecule has 1 aliphatic rings. The zero-order valence-electron chi connectivity index (χ0n) is 18.0. The van der Waals surface area contributed by atoms with Crippen molar-refractivity contribution in [3.8, 4) is 5.75 Å². The van der Waals surface area contributed by atoms with Crippen LogP contribution < -0.4 is 9.64 Å². The Balaban J connectivity index is 1.89. The predicted molar refractivity (Wildman–Crippen MR) is 146 cm³/mol. The molecule has 170 valence electrons. The number of methoxy groups -OCH3 is 1. The number of hydrogen-bond acceptors (Lipinski definition) is 4. The van der Waals surface area contributed by atoms with Gasteiger partial charge in [-0.15, -0.1) is 0 Å². The van der Waals surface area contributed by atoms with Gasteiger partial charge >= 0.3 is 5.97 Å². The molecule has 0 spiro atoms. The van der Waals surface area contributed by atoms with Crippen molar-refractivity contribution in [1.82, 2.24) is 0 Å². The molecule has 3 aromatic rings. The smallest absolute Gasteiger partial charge is 0.340 e. The molecular weight excluding hydrogens is 682 g/mol. The second-order valence-electron chi connectivity index (χ2n) is 7.62. The number of hydrogen-bond donors (Lipinski definition) is 0. The van der Waals surface area contributed by atoms with Gasteiger partial charge in [-0.2, -0.15) is 0 Å². The number of fused-ring (bicyclic) bond motifs is 1. The Morgan fingerprint density at radius 2 is 1.42 bits per heavy atom. The number of benzene rings is 3. The molecule has 0 N–H and O–H groups in total. The van der Waals surface area contributed by atoms with Crippen molar-refractivity contribution in [2.45, 2.75) is 6.10 Å². The molecule has 0 amide bonds. The summed E-state index contributed by atoms with van der Waals surface area (Å²) in [6, 6.07) is 16.1. The van der Waals surface area contributed by atoms with Crippen molar-refractivity contribution in [2.75, 3.05) is 26.1 Å². The topological polar surface area (TPSA) is 38.8 Å². The summed E-state index contributed by atoms with van der Waals surface area (Å²) >= 11 is 14.3. The second kappa shape index (κ2) is 9.94. The molecule has 33 heavy (non-hydrogen) atoms. The highest BCUT2D eigenvalue weighted by atomic mass is 79.9. The molecule has 0 bridgehead atoms. The summed E-state index contributed by atoms with van der Waals surface area (Å²) in [5.41, 5.74) is 5.35. The molecule has 3 aromatic carbocycles. The van der Waals surface area contributed by atoms with Crippen molar-refractivity contribution >= 4 is 80.9 Å². The van der Waals surface area contributed by atoms with E-state index in [-0.39, 0.29) is 5.97 Å². The van der Waals surface area contributed by atoms with Gasteiger partial charge in [-0.1, -0.05) is 24.3 Å².